The van der Waals surface area contributed by atoms with Gasteiger partial charge in [0.2, 0.25) is 11.8 Å². The molecule has 0 spiro atoms. The standard InChI is InChI=1S/C22H22N4O4/c1-30-15-6-7-19-14(12-15)8-10-26(19)11-9-23-20(27)13-18-22(29)24-17-5-3-2-4-16(17)21(28)25-18/h2-8,10,12,18H,9,11,13H2,1H3,(H,23,27)(H,24,29)(H,25,28). The lowest BCUT2D eigenvalue weighted by Gasteiger charge is -2.14. The van der Waals surface area contributed by atoms with Gasteiger partial charge < -0.3 is 25.3 Å². The minimum Gasteiger partial charge on any atom is -0.497 e. The molecule has 0 aliphatic carbocycles. The fourth-order valence-electron chi connectivity index (χ4n) is 3.53. The number of nitrogens with zero attached hydrogens (tertiary/aromatic N) is 1. The molecule has 0 radical (unpaired) electrons. The van der Waals surface area contributed by atoms with Crippen LogP contribution in [0.3, 0.4) is 0 Å². The first-order chi connectivity index (χ1) is 14.5. The molecule has 0 saturated carbocycles. The van der Waals surface area contributed by atoms with Crippen LogP contribution in [0.1, 0.15) is 16.8 Å². The van der Waals surface area contributed by atoms with Gasteiger partial charge in [-0.3, -0.25) is 14.4 Å². The van der Waals surface area contributed by atoms with Crippen molar-refractivity contribution in [1.82, 2.24) is 15.2 Å². The summed E-state index contributed by atoms with van der Waals surface area (Å²) >= 11 is 0. The predicted octanol–water partition coefficient (Wildman–Crippen LogP) is 1.91. The van der Waals surface area contributed by atoms with Crippen molar-refractivity contribution in [3.05, 3.63) is 60.3 Å². The molecule has 154 valence electrons. The van der Waals surface area contributed by atoms with Gasteiger partial charge in [0.15, 0.2) is 0 Å². The van der Waals surface area contributed by atoms with E-state index in [-0.39, 0.29) is 18.2 Å². The Morgan fingerprint density at radius 2 is 2.00 bits per heavy atom. The molecule has 4 rings (SSSR count). The van der Waals surface area contributed by atoms with Crippen LogP contribution in [0.2, 0.25) is 0 Å². The molecule has 3 amide bonds. The van der Waals surface area contributed by atoms with Gasteiger partial charge in [-0.1, -0.05) is 12.1 Å². The quantitative estimate of drug-likeness (QED) is 0.582. The summed E-state index contributed by atoms with van der Waals surface area (Å²) < 4.78 is 7.27. The predicted molar refractivity (Wildman–Crippen MR) is 112 cm³/mol. The van der Waals surface area contributed by atoms with Crippen molar-refractivity contribution >= 4 is 34.3 Å². The minimum absolute atomic E-state index is 0.130. The van der Waals surface area contributed by atoms with Gasteiger partial charge in [-0.15, -0.1) is 0 Å². The summed E-state index contributed by atoms with van der Waals surface area (Å²) in [7, 11) is 1.63. The maximum atomic E-state index is 12.4. The van der Waals surface area contributed by atoms with E-state index < -0.39 is 11.9 Å². The Kier molecular flexibility index (Phi) is 5.38. The highest BCUT2D eigenvalue weighted by molar-refractivity contribution is 6.10. The lowest BCUT2D eigenvalue weighted by molar-refractivity contribution is -0.125. The molecule has 3 aromatic rings. The first-order valence-electron chi connectivity index (χ1n) is 9.65. The number of carbonyl (C=O) groups is 3. The van der Waals surface area contributed by atoms with E-state index >= 15 is 0 Å². The third-order valence-corrected chi connectivity index (χ3v) is 5.09. The molecule has 1 atom stereocenters. The van der Waals surface area contributed by atoms with Gasteiger partial charge in [-0.05, 0) is 36.4 Å². The van der Waals surface area contributed by atoms with Crippen LogP contribution in [-0.2, 0) is 16.1 Å². The number of anilines is 1. The molecule has 2 aromatic carbocycles. The highest BCUT2D eigenvalue weighted by atomic mass is 16.5. The molecule has 1 aliphatic heterocycles. The van der Waals surface area contributed by atoms with Crippen molar-refractivity contribution in [2.24, 2.45) is 0 Å². The highest BCUT2D eigenvalue weighted by Gasteiger charge is 2.29. The largest absolute Gasteiger partial charge is 0.497 e. The molecule has 0 saturated heterocycles. The van der Waals surface area contributed by atoms with E-state index in [0.717, 1.165) is 16.7 Å². The van der Waals surface area contributed by atoms with E-state index in [2.05, 4.69) is 16.0 Å². The number of para-hydroxylation sites is 1. The molecule has 2 heterocycles. The Morgan fingerprint density at radius 1 is 1.17 bits per heavy atom. The normalized spacial score (nSPS) is 15.7. The van der Waals surface area contributed by atoms with Crippen LogP contribution in [0.15, 0.2) is 54.7 Å². The average Bonchev–Trinajstić information content (AvgIpc) is 3.10. The zero-order valence-corrected chi connectivity index (χ0v) is 16.5. The molecule has 1 unspecified atom stereocenters. The van der Waals surface area contributed by atoms with Gasteiger partial charge in [0.1, 0.15) is 11.8 Å². The molecular formula is C22H22N4O4. The van der Waals surface area contributed by atoms with Gasteiger partial charge in [0.25, 0.3) is 5.91 Å². The summed E-state index contributed by atoms with van der Waals surface area (Å²) in [5.74, 6) is -0.302. The van der Waals surface area contributed by atoms with Gasteiger partial charge in [-0.25, -0.2) is 0 Å². The minimum atomic E-state index is -0.926. The maximum Gasteiger partial charge on any atom is 0.254 e. The molecule has 8 nitrogen and oxygen atoms in total. The van der Waals surface area contributed by atoms with E-state index in [1.807, 2.05) is 35.0 Å². The third kappa shape index (κ3) is 3.98. The summed E-state index contributed by atoms with van der Waals surface area (Å²) in [6.07, 6.45) is 1.82. The molecule has 30 heavy (non-hydrogen) atoms. The molecule has 0 fully saturated rings. The monoisotopic (exact) mass is 406 g/mol. The summed E-state index contributed by atoms with van der Waals surface area (Å²) in [5, 5.41) is 9.20. The van der Waals surface area contributed by atoms with E-state index in [4.69, 9.17) is 4.74 Å². The van der Waals surface area contributed by atoms with Crippen molar-refractivity contribution < 1.29 is 19.1 Å². The molecule has 1 aromatic heterocycles. The number of ether oxygens (including phenoxy) is 1. The zero-order valence-electron chi connectivity index (χ0n) is 16.5. The van der Waals surface area contributed by atoms with Crippen LogP contribution in [0, 0.1) is 0 Å². The molecule has 8 heteroatoms. The smallest absolute Gasteiger partial charge is 0.254 e. The van der Waals surface area contributed by atoms with Crippen molar-refractivity contribution in [1.29, 1.82) is 0 Å². The lowest BCUT2D eigenvalue weighted by atomic mass is 10.1. The van der Waals surface area contributed by atoms with E-state index in [9.17, 15) is 14.4 Å². The first-order valence-corrected chi connectivity index (χ1v) is 9.65. The zero-order chi connectivity index (χ0) is 21.1. The Bertz CT molecular complexity index is 1120. The van der Waals surface area contributed by atoms with Crippen molar-refractivity contribution in [3.8, 4) is 5.75 Å². The third-order valence-electron chi connectivity index (χ3n) is 5.09. The highest BCUT2D eigenvalue weighted by Crippen LogP contribution is 2.22. The van der Waals surface area contributed by atoms with Crippen molar-refractivity contribution in [2.45, 2.75) is 19.0 Å². The number of rotatable bonds is 6. The summed E-state index contributed by atoms with van der Waals surface area (Å²) in [4.78, 5) is 37.1. The van der Waals surface area contributed by atoms with E-state index in [1.54, 1.807) is 31.4 Å². The Labute approximate surface area is 173 Å². The Hall–Kier alpha value is -3.81. The SMILES string of the molecule is COc1ccc2c(ccn2CCNC(=O)CC2NC(=O)c3ccccc3NC2=O)c1. The van der Waals surface area contributed by atoms with Gasteiger partial charge in [0.05, 0.1) is 24.8 Å². The van der Waals surface area contributed by atoms with E-state index in [1.165, 1.54) is 0 Å². The number of hydrogen-bond donors (Lipinski definition) is 3. The second-order valence-corrected chi connectivity index (χ2v) is 7.05. The van der Waals surface area contributed by atoms with Crippen molar-refractivity contribution in [3.63, 3.8) is 0 Å². The van der Waals surface area contributed by atoms with Crippen LogP contribution in [0.25, 0.3) is 10.9 Å². The lowest BCUT2D eigenvalue weighted by Crippen LogP contribution is -2.44. The average molecular weight is 406 g/mol. The van der Waals surface area contributed by atoms with Crippen LogP contribution >= 0.6 is 0 Å². The second-order valence-electron chi connectivity index (χ2n) is 7.05. The van der Waals surface area contributed by atoms with Crippen LogP contribution in [0.5, 0.6) is 5.75 Å². The molecule has 3 N–H and O–H groups in total. The number of nitrogens with one attached hydrogen (secondary N) is 3. The number of methoxy groups -OCH3 is 1. The Balaban J connectivity index is 1.33. The maximum absolute atomic E-state index is 12.4. The molecular weight excluding hydrogens is 384 g/mol. The molecule has 0 bridgehead atoms. The number of amides is 3. The summed E-state index contributed by atoms with van der Waals surface area (Å²) in [6.45, 7) is 0.980. The topological polar surface area (TPSA) is 101 Å². The first kappa shape index (κ1) is 19.5. The second kappa shape index (κ2) is 8.28. The van der Waals surface area contributed by atoms with E-state index in [0.29, 0.717) is 24.3 Å². The van der Waals surface area contributed by atoms with Crippen molar-refractivity contribution in [2.75, 3.05) is 19.0 Å². The van der Waals surface area contributed by atoms with Crippen LogP contribution in [-0.4, -0.2) is 42.0 Å². The number of benzene rings is 2. The number of hydrogen-bond acceptors (Lipinski definition) is 4. The number of fused-ring (bicyclic) bond motifs is 2. The number of aromatic nitrogens is 1. The molecule has 1 aliphatic rings. The van der Waals surface area contributed by atoms with Gasteiger partial charge >= 0.3 is 0 Å². The van der Waals surface area contributed by atoms with Crippen LogP contribution < -0.4 is 20.7 Å². The van der Waals surface area contributed by atoms with Gasteiger partial charge in [0, 0.05) is 30.2 Å². The fraction of sp³-hybridized carbons (Fsp3) is 0.227. The van der Waals surface area contributed by atoms with Crippen LogP contribution in [0.4, 0.5) is 5.69 Å². The van der Waals surface area contributed by atoms with Gasteiger partial charge in [-0.2, -0.15) is 0 Å². The summed E-state index contributed by atoms with van der Waals surface area (Å²) in [6, 6.07) is 13.6. The number of carbonyl (C=O) groups excluding carboxylic acids is 3. The summed E-state index contributed by atoms with van der Waals surface area (Å²) in [5.41, 5.74) is 1.86. The fourth-order valence-corrected chi connectivity index (χ4v) is 3.53. The Morgan fingerprint density at radius 3 is 2.83 bits per heavy atom.